The van der Waals surface area contributed by atoms with Gasteiger partial charge in [0.1, 0.15) is 5.57 Å². The highest BCUT2D eigenvalue weighted by molar-refractivity contribution is 6.14. The number of esters is 2. The normalized spacial score (nSPS) is 20.5. The monoisotopic (exact) mass is 324 g/mol. The Labute approximate surface area is 138 Å². The van der Waals surface area contributed by atoms with Crippen LogP contribution in [0.3, 0.4) is 0 Å². The van der Waals surface area contributed by atoms with E-state index in [-0.39, 0.29) is 30.8 Å². The molecule has 1 fully saturated rings. The molecular formula is C18H28O5. The molecule has 0 aromatic heterocycles. The lowest BCUT2D eigenvalue weighted by Gasteiger charge is -2.27. The van der Waals surface area contributed by atoms with Gasteiger partial charge in [0.05, 0.1) is 25.9 Å². The molecule has 0 N–H and O–H groups in total. The molecular weight excluding hydrogens is 296 g/mol. The summed E-state index contributed by atoms with van der Waals surface area (Å²) < 4.78 is 15.7. The van der Waals surface area contributed by atoms with E-state index >= 15 is 0 Å². The van der Waals surface area contributed by atoms with Crippen molar-refractivity contribution in [3.05, 3.63) is 23.8 Å². The van der Waals surface area contributed by atoms with Crippen molar-refractivity contribution in [3.8, 4) is 0 Å². The van der Waals surface area contributed by atoms with Gasteiger partial charge < -0.3 is 14.2 Å². The van der Waals surface area contributed by atoms with Gasteiger partial charge in [-0.3, -0.25) is 0 Å². The van der Waals surface area contributed by atoms with Gasteiger partial charge in [0, 0.05) is 0 Å². The highest BCUT2D eigenvalue weighted by Crippen LogP contribution is 2.28. The molecule has 130 valence electrons. The zero-order valence-corrected chi connectivity index (χ0v) is 14.4. The minimum Gasteiger partial charge on any atom is -0.462 e. The first-order valence-electron chi connectivity index (χ1n) is 8.29. The van der Waals surface area contributed by atoms with Gasteiger partial charge in [-0.2, -0.15) is 0 Å². The lowest BCUT2D eigenvalue weighted by Crippen LogP contribution is -2.24. The molecule has 1 saturated carbocycles. The molecule has 0 unspecified atom stereocenters. The van der Waals surface area contributed by atoms with Crippen LogP contribution in [0.2, 0.25) is 0 Å². The molecule has 5 nitrogen and oxygen atoms in total. The van der Waals surface area contributed by atoms with Gasteiger partial charge in [-0.1, -0.05) is 18.2 Å². The van der Waals surface area contributed by atoms with E-state index in [0.29, 0.717) is 6.61 Å². The summed E-state index contributed by atoms with van der Waals surface area (Å²) in [5.41, 5.74) is 1.03. The number of hydrogen-bond donors (Lipinski definition) is 0. The molecule has 1 aliphatic carbocycles. The third kappa shape index (κ3) is 6.99. The van der Waals surface area contributed by atoms with E-state index in [1.807, 2.05) is 6.92 Å². The number of carbonyl (C=O) groups is 2. The third-order valence-corrected chi connectivity index (χ3v) is 3.68. The van der Waals surface area contributed by atoms with Gasteiger partial charge in [-0.15, -0.1) is 0 Å². The second-order valence-corrected chi connectivity index (χ2v) is 5.83. The zero-order chi connectivity index (χ0) is 17.2. The molecule has 23 heavy (non-hydrogen) atoms. The van der Waals surface area contributed by atoms with Crippen molar-refractivity contribution in [2.45, 2.75) is 52.6 Å². The van der Waals surface area contributed by atoms with Crippen LogP contribution in [0.1, 0.15) is 46.5 Å². The molecule has 0 amide bonds. The smallest absolute Gasteiger partial charge is 0.345 e. The first-order valence-corrected chi connectivity index (χ1v) is 8.29. The van der Waals surface area contributed by atoms with Crippen LogP contribution in [-0.2, 0) is 23.8 Å². The average Bonchev–Trinajstić information content (AvgIpc) is 2.52. The van der Waals surface area contributed by atoms with Crippen LogP contribution >= 0.6 is 0 Å². The minimum absolute atomic E-state index is 0.0139. The molecule has 0 radical (unpaired) electrons. The van der Waals surface area contributed by atoms with Crippen LogP contribution < -0.4 is 0 Å². The maximum absolute atomic E-state index is 11.9. The summed E-state index contributed by atoms with van der Waals surface area (Å²) in [7, 11) is 0. The second kappa shape index (κ2) is 10.2. The molecule has 0 atom stereocenters. The summed E-state index contributed by atoms with van der Waals surface area (Å²) in [6.07, 6.45) is 5.52. The van der Waals surface area contributed by atoms with E-state index in [1.165, 1.54) is 0 Å². The lowest BCUT2D eigenvalue weighted by atomic mass is 9.86. The van der Waals surface area contributed by atoms with Crippen LogP contribution in [0.4, 0.5) is 0 Å². The van der Waals surface area contributed by atoms with Crippen molar-refractivity contribution in [3.63, 3.8) is 0 Å². The van der Waals surface area contributed by atoms with Crippen LogP contribution in [0.15, 0.2) is 23.8 Å². The highest BCUT2D eigenvalue weighted by atomic mass is 16.6. The van der Waals surface area contributed by atoms with Crippen LogP contribution in [0.25, 0.3) is 0 Å². The average molecular weight is 324 g/mol. The standard InChI is InChI=1S/C18H28O5/c1-5-21-17(19)16(18(20)22-6-2)11-14-7-9-15(10-8-14)23-12-13(3)4/h11,14-15H,3,5-10,12H2,1-2,4H3. The molecule has 1 aliphatic rings. The summed E-state index contributed by atoms with van der Waals surface area (Å²) >= 11 is 0. The lowest BCUT2D eigenvalue weighted by molar-refractivity contribution is -0.146. The maximum Gasteiger partial charge on any atom is 0.345 e. The summed E-state index contributed by atoms with van der Waals surface area (Å²) in [5, 5.41) is 0. The topological polar surface area (TPSA) is 61.8 Å². The fourth-order valence-electron chi connectivity index (χ4n) is 2.55. The molecule has 5 heteroatoms. The summed E-state index contributed by atoms with van der Waals surface area (Å²) in [6, 6.07) is 0. The number of carbonyl (C=O) groups excluding carboxylic acids is 2. The van der Waals surface area contributed by atoms with Gasteiger partial charge in [0.2, 0.25) is 0 Å². The predicted octanol–water partition coefficient (Wildman–Crippen LogP) is 3.19. The van der Waals surface area contributed by atoms with Crippen molar-refractivity contribution in [2.75, 3.05) is 19.8 Å². The predicted molar refractivity (Wildman–Crippen MR) is 87.9 cm³/mol. The zero-order valence-electron chi connectivity index (χ0n) is 14.4. The molecule has 0 spiro atoms. The van der Waals surface area contributed by atoms with E-state index in [2.05, 4.69) is 6.58 Å². The van der Waals surface area contributed by atoms with Gasteiger partial charge in [0.25, 0.3) is 0 Å². The quantitative estimate of drug-likeness (QED) is 0.226. The maximum atomic E-state index is 11.9. The molecule has 0 aromatic rings. The van der Waals surface area contributed by atoms with Crippen molar-refractivity contribution < 1.29 is 23.8 Å². The number of allylic oxidation sites excluding steroid dienone is 1. The summed E-state index contributed by atoms with van der Waals surface area (Å²) in [4.78, 5) is 23.9. The van der Waals surface area contributed by atoms with E-state index in [9.17, 15) is 9.59 Å². The Morgan fingerprint density at radius 2 is 1.57 bits per heavy atom. The Bertz CT molecular complexity index is 424. The van der Waals surface area contributed by atoms with Gasteiger partial charge in [-0.25, -0.2) is 9.59 Å². The van der Waals surface area contributed by atoms with E-state index in [4.69, 9.17) is 14.2 Å². The fraction of sp³-hybridized carbons (Fsp3) is 0.667. The number of rotatable bonds is 8. The van der Waals surface area contributed by atoms with Crippen LogP contribution in [0, 0.1) is 5.92 Å². The van der Waals surface area contributed by atoms with E-state index in [1.54, 1.807) is 19.9 Å². The van der Waals surface area contributed by atoms with E-state index in [0.717, 1.165) is 31.3 Å². The number of hydrogen-bond acceptors (Lipinski definition) is 5. The Morgan fingerprint density at radius 3 is 2.00 bits per heavy atom. The Balaban J connectivity index is 2.64. The Morgan fingerprint density at radius 1 is 1.04 bits per heavy atom. The first kappa shape index (κ1) is 19.4. The van der Waals surface area contributed by atoms with Crippen LogP contribution in [-0.4, -0.2) is 37.9 Å². The first-order chi connectivity index (χ1) is 11.0. The summed E-state index contributed by atoms with van der Waals surface area (Å²) in [5.74, 6) is -1.04. The van der Waals surface area contributed by atoms with Gasteiger partial charge >= 0.3 is 11.9 Å². The Kier molecular flexibility index (Phi) is 8.62. The van der Waals surface area contributed by atoms with Gasteiger partial charge in [0.15, 0.2) is 0 Å². The van der Waals surface area contributed by atoms with Gasteiger partial charge in [-0.05, 0) is 52.4 Å². The highest BCUT2D eigenvalue weighted by Gasteiger charge is 2.26. The largest absolute Gasteiger partial charge is 0.462 e. The molecule has 0 heterocycles. The van der Waals surface area contributed by atoms with E-state index < -0.39 is 11.9 Å². The number of ether oxygens (including phenoxy) is 3. The SMILES string of the molecule is C=C(C)COC1CCC(C=C(C(=O)OCC)C(=O)OCC)CC1. The van der Waals surface area contributed by atoms with Crippen molar-refractivity contribution in [2.24, 2.45) is 5.92 Å². The minimum atomic E-state index is -0.605. The van der Waals surface area contributed by atoms with Crippen LogP contribution in [0.5, 0.6) is 0 Å². The van der Waals surface area contributed by atoms with Crippen molar-refractivity contribution in [1.29, 1.82) is 0 Å². The molecule has 0 bridgehead atoms. The summed E-state index contributed by atoms with van der Waals surface area (Å²) in [6.45, 7) is 10.3. The molecule has 0 saturated heterocycles. The fourth-order valence-corrected chi connectivity index (χ4v) is 2.55. The third-order valence-electron chi connectivity index (χ3n) is 3.68. The second-order valence-electron chi connectivity index (χ2n) is 5.83. The molecule has 0 aromatic carbocycles. The van der Waals surface area contributed by atoms with Crippen molar-refractivity contribution in [1.82, 2.24) is 0 Å². The molecule has 1 rings (SSSR count). The molecule has 0 aliphatic heterocycles. The Hall–Kier alpha value is -1.62. The van der Waals surface area contributed by atoms with Crippen molar-refractivity contribution >= 4 is 11.9 Å².